The zero-order valence-electron chi connectivity index (χ0n) is 20.4. The number of fused-ring (bicyclic) bond motifs is 2. The lowest BCUT2D eigenvalue weighted by Gasteiger charge is -2.41. The molecule has 0 unspecified atom stereocenters. The maximum absolute atomic E-state index is 13.6. The van der Waals surface area contributed by atoms with Gasteiger partial charge < -0.3 is 19.4 Å². The van der Waals surface area contributed by atoms with Gasteiger partial charge in [0.1, 0.15) is 28.8 Å². The van der Waals surface area contributed by atoms with Crippen molar-refractivity contribution < 1.29 is 23.1 Å². The molecule has 4 heterocycles. The van der Waals surface area contributed by atoms with Crippen LogP contribution in [0.3, 0.4) is 0 Å². The largest absolute Gasteiger partial charge is 0.460 e. The SMILES string of the molecule is Cc1oc2cc(Oc3ccnn4cc(C(=O)N5C[C@H](F)[C@H]5C)c(C)c34)ccc2c1C(=O)NCC1CC1. The number of nitrogens with zero attached hydrogens (tertiary/aromatic N) is 3. The molecule has 4 aromatic rings. The first-order valence-corrected chi connectivity index (χ1v) is 12.2. The van der Waals surface area contributed by atoms with Crippen molar-refractivity contribution in [3.05, 3.63) is 59.1 Å². The summed E-state index contributed by atoms with van der Waals surface area (Å²) in [7, 11) is 0. The average molecular weight is 491 g/mol. The number of carbonyl (C=O) groups excluding carboxylic acids is 2. The van der Waals surface area contributed by atoms with E-state index in [1.807, 2.05) is 13.0 Å². The van der Waals surface area contributed by atoms with E-state index in [2.05, 4.69) is 10.4 Å². The number of furan rings is 1. The molecule has 1 aliphatic heterocycles. The third kappa shape index (κ3) is 3.70. The fourth-order valence-electron chi connectivity index (χ4n) is 4.83. The number of halogens is 1. The lowest BCUT2D eigenvalue weighted by Crippen LogP contribution is -2.58. The van der Waals surface area contributed by atoms with Gasteiger partial charge >= 0.3 is 0 Å². The number of amides is 2. The molecule has 2 amide bonds. The minimum atomic E-state index is -0.992. The van der Waals surface area contributed by atoms with E-state index in [9.17, 15) is 14.0 Å². The summed E-state index contributed by atoms with van der Waals surface area (Å²) in [6, 6.07) is 6.66. The van der Waals surface area contributed by atoms with Gasteiger partial charge in [0.15, 0.2) is 5.75 Å². The molecule has 2 atom stereocenters. The van der Waals surface area contributed by atoms with E-state index in [-0.39, 0.29) is 18.4 Å². The summed E-state index contributed by atoms with van der Waals surface area (Å²) in [4.78, 5) is 27.3. The molecular weight excluding hydrogens is 463 g/mol. The Morgan fingerprint density at radius 2 is 2.06 bits per heavy atom. The van der Waals surface area contributed by atoms with Crippen LogP contribution >= 0.6 is 0 Å². The normalized spacial score (nSPS) is 19.5. The molecule has 2 fully saturated rings. The van der Waals surface area contributed by atoms with Gasteiger partial charge in [-0.1, -0.05) is 0 Å². The van der Waals surface area contributed by atoms with Gasteiger partial charge in [-0.3, -0.25) is 9.59 Å². The molecular formula is C27H27FN4O4. The first kappa shape index (κ1) is 22.6. The Labute approximate surface area is 207 Å². The van der Waals surface area contributed by atoms with Crippen LogP contribution in [-0.2, 0) is 0 Å². The lowest BCUT2D eigenvalue weighted by atomic mass is 10.0. The van der Waals surface area contributed by atoms with Crippen LogP contribution in [0.15, 0.2) is 41.1 Å². The number of likely N-dealkylation sites (tertiary alicyclic amines) is 1. The van der Waals surface area contributed by atoms with Crippen LogP contribution in [0.5, 0.6) is 11.5 Å². The fraction of sp³-hybridized carbons (Fsp3) is 0.370. The molecule has 1 aromatic carbocycles. The first-order chi connectivity index (χ1) is 17.3. The molecule has 3 aromatic heterocycles. The second-order valence-electron chi connectivity index (χ2n) is 9.82. The van der Waals surface area contributed by atoms with Crippen LogP contribution in [0.25, 0.3) is 16.5 Å². The number of benzene rings is 1. The van der Waals surface area contributed by atoms with Gasteiger partial charge in [-0.2, -0.15) is 5.10 Å². The number of carbonyl (C=O) groups is 2. The molecule has 1 N–H and O–H groups in total. The number of hydrogen-bond donors (Lipinski definition) is 1. The standard InChI is InChI=1S/C27H27FN4O4/c1-14-20(27(34)31-13-21(28)15(31)2)12-32-25(14)22(8-9-30-32)36-18-6-7-19-23(10-18)35-16(3)24(19)26(33)29-11-17-4-5-17/h6-10,12,15,17,21H,4-5,11,13H2,1-3H3,(H,29,33)/t15-,21+/m1/s1. The predicted octanol–water partition coefficient (Wildman–Crippen LogP) is 4.81. The Kier molecular flexibility index (Phi) is 5.24. The zero-order valence-corrected chi connectivity index (χ0v) is 20.4. The van der Waals surface area contributed by atoms with Gasteiger partial charge in [0.05, 0.1) is 29.9 Å². The van der Waals surface area contributed by atoms with Crippen molar-refractivity contribution in [2.24, 2.45) is 5.92 Å². The Morgan fingerprint density at radius 3 is 2.78 bits per heavy atom. The zero-order chi connectivity index (χ0) is 25.1. The molecule has 8 nitrogen and oxygen atoms in total. The summed E-state index contributed by atoms with van der Waals surface area (Å²) in [6.07, 6.45) is 4.59. The van der Waals surface area contributed by atoms with Crippen molar-refractivity contribution in [3.8, 4) is 11.5 Å². The van der Waals surface area contributed by atoms with Crippen molar-refractivity contribution in [1.82, 2.24) is 19.8 Å². The van der Waals surface area contributed by atoms with Gasteiger partial charge in [0.2, 0.25) is 0 Å². The summed E-state index contributed by atoms with van der Waals surface area (Å²) in [6.45, 7) is 6.12. The number of aryl methyl sites for hydroxylation is 2. The highest BCUT2D eigenvalue weighted by molar-refractivity contribution is 6.07. The monoisotopic (exact) mass is 490 g/mol. The Balaban J connectivity index is 1.29. The molecule has 9 heteroatoms. The number of alkyl halides is 1. The summed E-state index contributed by atoms with van der Waals surface area (Å²) in [5.74, 6) is 1.85. The van der Waals surface area contributed by atoms with Gasteiger partial charge in [-0.25, -0.2) is 8.91 Å². The first-order valence-electron chi connectivity index (χ1n) is 12.2. The predicted molar refractivity (Wildman–Crippen MR) is 131 cm³/mol. The Morgan fingerprint density at radius 1 is 1.25 bits per heavy atom. The molecule has 1 saturated heterocycles. The fourth-order valence-corrected chi connectivity index (χ4v) is 4.83. The average Bonchev–Trinajstić information content (AvgIpc) is 3.55. The summed E-state index contributed by atoms with van der Waals surface area (Å²) < 4.78 is 27.3. The van der Waals surface area contributed by atoms with E-state index in [1.54, 1.807) is 49.0 Å². The molecule has 2 aliphatic rings. The summed E-state index contributed by atoms with van der Waals surface area (Å²) in [5, 5.41) is 8.06. The van der Waals surface area contributed by atoms with E-state index in [0.717, 1.165) is 5.39 Å². The molecule has 0 spiro atoms. The van der Waals surface area contributed by atoms with Crippen LogP contribution in [0.4, 0.5) is 4.39 Å². The highest BCUT2D eigenvalue weighted by Crippen LogP contribution is 2.35. The van der Waals surface area contributed by atoms with Gasteiger partial charge in [0, 0.05) is 30.3 Å². The number of ether oxygens (including phenoxy) is 1. The topological polar surface area (TPSA) is 89.1 Å². The number of rotatable bonds is 6. The summed E-state index contributed by atoms with van der Waals surface area (Å²) >= 11 is 0. The Hall–Kier alpha value is -3.88. The molecule has 6 rings (SSSR count). The minimum absolute atomic E-state index is 0.103. The highest BCUT2D eigenvalue weighted by Gasteiger charge is 2.40. The number of aromatic nitrogens is 2. The van der Waals surface area contributed by atoms with Gasteiger partial charge in [-0.05, 0) is 57.2 Å². The smallest absolute Gasteiger partial charge is 0.256 e. The minimum Gasteiger partial charge on any atom is -0.460 e. The lowest BCUT2D eigenvalue weighted by molar-refractivity contribution is 0.00637. The molecule has 1 aliphatic carbocycles. The number of hydrogen-bond acceptors (Lipinski definition) is 5. The van der Waals surface area contributed by atoms with Gasteiger partial charge in [-0.15, -0.1) is 0 Å². The van der Waals surface area contributed by atoms with E-state index in [4.69, 9.17) is 9.15 Å². The molecule has 0 bridgehead atoms. The van der Waals surface area contributed by atoms with Crippen LogP contribution < -0.4 is 10.1 Å². The van der Waals surface area contributed by atoms with Crippen LogP contribution in [-0.4, -0.2) is 51.6 Å². The third-order valence-corrected chi connectivity index (χ3v) is 7.31. The Bertz CT molecular complexity index is 1520. The second-order valence-corrected chi connectivity index (χ2v) is 9.82. The van der Waals surface area contributed by atoms with E-state index < -0.39 is 12.2 Å². The van der Waals surface area contributed by atoms with Crippen molar-refractivity contribution >= 4 is 28.3 Å². The molecule has 0 radical (unpaired) electrons. The third-order valence-electron chi connectivity index (χ3n) is 7.31. The molecule has 186 valence electrons. The quantitative estimate of drug-likeness (QED) is 0.419. The van der Waals surface area contributed by atoms with Crippen molar-refractivity contribution in [2.75, 3.05) is 13.1 Å². The number of nitrogens with one attached hydrogen (secondary N) is 1. The maximum atomic E-state index is 13.6. The van der Waals surface area contributed by atoms with E-state index in [0.29, 0.717) is 57.5 Å². The van der Waals surface area contributed by atoms with E-state index in [1.165, 1.54) is 17.7 Å². The maximum Gasteiger partial charge on any atom is 0.256 e. The molecule has 36 heavy (non-hydrogen) atoms. The van der Waals surface area contributed by atoms with Crippen molar-refractivity contribution in [1.29, 1.82) is 0 Å². The second kappa shape index (κ2) is 8.36. The summed E-state index contributed by atoms with van der Waals surface area (Å²) in [5.41, 5.74) is 2.94. The van der Waals surface area contributed by atoms with Crippen molar-refractivity contribution in [2.45, 2.75) is 45.8 Å². The van der Waals surface area contributed by atoms with Gasteiger partial charge in [0.25, 0.3) is 11.8 Å². The van der Waals surface area contributed by atoms with Crippen LogP contribution in [0, 0.1) is 19.8 Å². The van der Waals surface area contributed by atoms with Crippen molar-refractivity contribution in [3.63, 3.8) is 0 Å². The highest BCUT2D eigenvalue weighted by atomic mass is 19.1. The van der Waals surface area contributed by atoms with Crippen LogP contribution in [0.1, 0.15) is 51.8 Å². The van der Waals surface area contributed by atoms with Crippen LogP contribution in [0.2, 0.25) is 0 Å². The molecule has 1 saturated carbocycles. The van der Waals surface area contributed by atoms with E-state index >= 15 is 0 Å².